The van der Waals surface area contributed by atoms with Crippen LogP contribution >= 0.6 is 0 Å². The molecule has 0 saturated carbocycles. The first-order chi connectivity index (χ1) is 9.76. The maximum absolute atomic E-state index is 11.6. The second-order valence-electron chi connectivity index (χ2n) is 5.72. The highest BCUT2D eigenvalue weighted by Crippen LogP contribution is 2.29. The summed E-state index contributed by atoms with van der Waals surface area (Å²) < 4.78 is 10.3. The number of amides is 2. The zero-order chi connectivity index (χ0) is 16.0. The molecule has 6 heteroatoms. The smallest absolute Gasteiger partial charge is 0.315 e. The molecule has 1 aromatic carbocycles. The number of aliphatic hydroxyl groups excluding tert-OH is 1. The van der Waals surface area contributed by atoms with Gasteiger partial charge in [0.25, 0.3) is 0 Å². The third kappa shape index (κ3) is 5.51. The molecular formula is C15H24N2O4. The summed E-state index contributed by atoms with van der Waals surface area (Å²) in [5.41, 5.74) is 0.321. The molecule has 0 saturated heterocycles. The molecule has 0 spiro atoms. The Labute approximate surface area is 125 Å². The molecule has 2 amide bonds. The summed E-state index contributed by atoms with van der Waals surface area (Å²) in [6.07, 6.45) is -0.824. The third-order valence-corrected chi connectivity index (χ3v) is 2.74. The van der Waals surface area contributed by atoms with Gasteiger partial charge in [-0.15, -0.1) is 0 Å². The van der Waals surface area contributed by atoms with E-state index in [2.05, 4.69) is 10.6 Å². The van der Waals surface area contributed by atoms with Crippen molar-refractivity contribution < 1.29 is 19.4 Å². The number of hydrogen-bond acceptors (Lipinski definition) is 4. The van der Waals surface area contributed by atoms with E-state index in [4.69, 9.17) is 9.47 Å². The van der Waals surface area contributed by atoms with Gasteiger partial charge in [0.1, 0.15) is 0 Å². The summed E-state index contributed by atoms with van der Waals surface area (Å²) in [6, 6.07) is 4.82. The number of rotatable bonds is 5. The Morgan fingerprint density at radius 3 is 2.38 bits per heavy atom. The molecule has 0 aliphatic carbocycles. The van der Waals surface area contributed by atoms with Gasteiger partial charge in [0.15, 0.2) is 11.5 Å². The number of methoxy groups -OCH3 is 2. The van der Waals surface area contributed by atoms with Crippen molar-refractivity contribution >= 4 is 6.03 Å². The molecule has 0 bridgehead atoms. The number of nitrogens with one attached hydrogen (secondary N) is 2. The van der Waals surface area contributed by atoms with Crippen LogP contribution in [0, 0.1) is 0 Å². The van der Waals surface area contributed by atoms with Gasteiger partial charge in [-0.2, -0.15) is 0 Å². The summed E-state index contributed by atoms with van der Waals surface area (Å²) in [5, 5.41) is 15.5. The predicted octanol–water partition coefficient (Wildman–Crippen LogP) is 1.83. The molecule has 0 fully saturated rings. The van der Waals surface area contributed by atoms with Crippen LogP contribution in [-0.2, 0) is 0 Å². The highest BCUT2D eigenvalue weighted by atomic mass is 16.5. The normalized spacial score (nSPS) is 12.5. The predicted molar refractivity (Wildman–Crippen MR) is 80.8 cm³/mol. The molecule has 0 aliphatic rings. The zero-order valence-electron chi connectivity index (χ0n) is 13.2. The van der Waals surface area contributed by atoms with Gasteiger partial charge in [-0.25, -0.2) is 4.79 Å². The Bertz CT molecular complexity index is 483. The Morgan fingerprint density at radius 2 is 1.86 bits per heavy atom. The van der Waals surface area contributed by atoms with Gasteiger partial charge >= 0.3 is 6.03 Å². The van der Waals surface area contributed by atoms with Crippen LogP contribution in [0.25, 0.3) is 0 Å². The second kappa shape index (κ2) is 7.17. The molecule has 1 aromatic rings. The van der Waals surface area contributed by atoms with Gasteiger partial charge in [0.05, 0.1) is 20.3 Å². The van der Waals surface area contributed by atoms with Crippen LogP contribution in [0.5, 0.6) is 11.5 Å². The zero-order valence-corrected chi connectivity index (χ0v) is 13.2. The molecule has 3 N–H and O–H groups in total. The Kier molecular flexibility index (Phi) is 5.84. The van der Waals surface area contributed by atoms with Crippen LogP contribution in [-0.4, -0.2) is 37.4 Å². The van der Waals surface area contributed by atoms with Crippen molar-refractivity contribution in [3.05, 3.63) is 23.8 Å². The number of benzene rings is 1. The van der Waals surface area contributed by atoms with Gasteiger partial charge < -0.3 is 25.2 Å². The molecule has 0 radical (unpaired) electrons. The molecule has 118 valence electrons. The van der Waals surface area contributed by atoms with E-state index in [0.29, 0.717) is 17.1 Å². The maximum Gasteiger partial charge on any atom is 0.315 e. The monoisotopic (exact) mass is 296 g/mol. The molecule has 1 rings (SSSR count). The van der Waals surface area contributed by atoms with Gasteiger partial charge in [0, 0.05) is 12.1 Å². The first kappa shape index (κ1) is 17.1. The van der Waals surface area contributed by atoms with Crippen LogP contribution in [0.3, 0.4) is 0 Å². The second-order valence-corrected chi connectivity index (χ2v) is 5.72. The largest absolute Gasteiger partial charge is 0.493 e. The standard InChI is InChI=1S/C15H24N2O4/c1-15(2,3)17-14(19)16-9-11(18)10-6-7-12(20-4)13(8-10)21-5/h6-8,11,18H,9H2,1-5H3,(H2,16,17,19)/t11-/m0/s1. The number of carbonyl (C=O) groups excluding carboxylic acids is 1. The van der Waals surface area contributed by atoms with E-state index in [0.717, 1.165) is 0 Å². The van der Waals surface area contributed by atoms with E-state index in [9.17, 15) is 9.90 Å². The average Bonchev–Trinajstić information content (AvgIpc) is 2.42. The van der Waals surface area contributed by atoms with Crippen molar-refractivity contribution in [2.24, 2.45) is 0 Å². The lowest BCUT2D eigenvalue weighted by Crippen LogP contribution is -2.47. The summed E-state index contributed by atoms with van der Waals surface area (Å²) >= 11 is 0. The Hall–Kier alpha value is -1.95. The lowest BCUT2D eigenvalue weighted by Gasteiger charge is -2.21. The highest BCUT2D eigenvalue weighted by molar-refractivity contribution is 5.74. The van der Waals surface area contributed by atoms with Crippen LogP contribution in [0.1, 0.15) is 32.4 Å². The fourth-order valence-corrected chi connectivity index (χ4v) is 1.75. The fourth-order valence-electron chi connectivity index (χ4n) is 1.75. The number of hydrogen-bond donors (Lipinski definition) is 3. The van der Waals surface area contributed by atoms with Crippen LogP contribution < -0.4 is 20.1 Å². The minimum Gasteiger partial charge on any atom is -0.493 e. The van der Waals surface area contributed by atoms with Crippen molar-refractivity contribution in [1.29, 1.82) is 0 Å². The van der Waals surface area contributed by atoms with E-state index in [1.54, 1.807) is 25.3 Å². The molecule has 0 heterocycles. The van der Waals surface area contributed by atoms with E-state index in [1.165, 1.54) is 7.11 Å². The van der Waals surface area contributed by atoms with E-state index in [-0.39, 0.29) is 18.1 Å². The van der Waals surface area contributed by atoms with Crippen molar-refractivity contribution in [3.63, 3.8) is 0 Å². The molecule has 21 heavy (non-hydrogen) atoms. The molecule has 1 atom stereocenters. The van der Waals surface area contributed by atoms with E-state index < -0.39 is 6.10 Å². The Morgan fingerprint density at radius 1 is 1.24 bits per heavy atom. The molecule has 0 unspecified atom stereocenters. The molecule has 6 nitrogen and oxygen atoms in total. The number of urea groups is 1. The highest BCUT2D eigenvalue weighted by Gasteiger charge is 2.16. The van der Waals surface area contributed by atoms with Gasteiger partial charge in [-0.3, -0.25) is 0 Å². The molecule has 0 aliphatic heterocycles. The van der Waals surface area contributed by atoms with Gasteiger partial charge in [-0.05, 0) is 38.5 Å². The van der Waals surface area contributed by atoms with Crippen molar-refractivity contribution in [1.82, 2.24) is 10.6 Å². The first-order valence-corrected chi connectivity index (χ1v) is 6.73. The number of ether oxygens (including phenoxy) is 2. The lowest BCUT2D eigenvalue weighted by molar-refractivity contribution is 0.171. The van der Waals surface area contributed by atoms with Crippen LogP contribution in [0.4, 0.5) is 4.79 Å². The topological polar surface area (TPSA) is 79.8 Å². The van der Waals surface area contributed by atoms with Crippen molar-refractivity contribution in [3.8, 4) is 11.5 Å². The van der Waals surface area contributed by atoms with Crippen LogP contribution in [0.15, 0.2) is 18.2 Å². The fraction of sp³-hybridized carbons (Fsp3) is 0.533. The number of aliphatic hydroxyl groups is 1. The molecular weight excluding hydrogens is 272 g/mol. The van der Waals surface area contributed by atoms with Gasteiger partial charge in [0.2, 0.25) is 0 Å². The third-order valence-electron chi connectivity index (χ3n) is 2.74. The SMILES string of the molecule is COc1ccc([C@@H](O)CNC(=O)NC(C)(C)C)cc1OC. The van der Waals surface area contributed by atoms with Crippen molar-refractivity contribution in [2.75, 3.05) is 20.8 Å². The van der Waals surface area contributed by atoms with E-state index >= 15 is 0 Å². The summed E-state index contributed by atoms with van der Waals surface area (Å²) in [4.78, 5) is 11.6. The van der Waals surface area contributed by atoms with E-state index in [1.807, 2.05) is 20.8 Å². The average molecular weight is 296 g/mol. The van der Waals surface area contributed by atoms with Crippen LogP contribution in [0.2, 0.25) is 0 Å². The molecule has 0 aromatic heterocycles. The minimum absolute atomic E-state index is 0.109. The summed E-state index contributed by atoms with van der Waals surface area (Å²) in [5.74, 6) is 1.13. The van der Waals surface area contributed by atoms with Crippen molar-refractivity contribution in [2.45, 2.75) is 32.4 Å². The quantitative estimate of drug-likeness (QED) is 0.774. The Balaban J connectivity index is 2.63. The summed E-state index contributed by atoms with van der Waals surface area (Å²) in [7, 11) is 3.08. The lowest BCUT2D eigenvalue weighted by atomic mass is 10.1. The first-order valence-electron chi connectivity index (χ1n) is 6.73. The summed E-state index contributed by atoms with van der Waals surface area (Å²) in [6.45, 7) is 5.77. The minimum atomic E-state index is -0.824. The van der Waals surface area contributed by atoms with Gasteiger partial charge in [-0.1, -0.05) is 6.07 Å². The maximum atomic E-state index is 11.6. The number of carbonyl (C=O) groups is 1.